The lowest BCUT2D eigenvalue weighted by Crippen LogP contribution is -2.28. The minimum absolute atomic E-state index is 0.0216. The number of carbonyl (C=O) groups is 1. The van der Waals surface area contributed by atoms with Crippen LogP contribution in [0.15, 0.2) is 61.1 Å². The van der Waals surface area contributed by atoms with Crippen LogP contribution >= 0.6 is 0 Å². The van der Waals surface area contributed by atoms with Crippen LogP contribution in [0.25, 0.3) is 11.1 Å². The van der Waals surface area contributed by atoms with E-state index in [1.807, 2.05) is 0 Å². The molecule has 2 aromatic carbocycles. The van der Waals surface area contributed by atoms with Crippen molar-refractivity contribution in [1.29, 1.82) is 0 Å². The summed E-state index contributed by atoms with van der Waals surface area (Å²) in [6.07, 6.45) is -7.38. The van der Waals surface area contributed by atoms with E-state index >= 15 is 0 Å². The molecule has 0 N–H and O–H groups in total. The summed E-state index contributed by atoms with van der Waals surface area (Å²) in [6.45, 7) is -0.482. The molecule has 1 heterocycles. The van der Waals surface area contributed by atoms with Crippen molar-refractivity contribution in [2.24, 2.45) is 0 Å². The lowest BCUT2D eigenvalue weighted by atomic mass is 10.0. The van der Waals surface area contributed by atoms with Crippen molar-refractivity contribution >= 4 is 5.91 Å². The summed E-state index contributed by atoms with van der Waals surface area (Å²) >= 11 is 0. The largest absolute Gasteiger partial charge is 0.416 e. The van der Waals surface area contributed by atoms with Gasteiger partial charge in [-0.3, -0.25) is 4.79 Å². The standard InChI is InChI=1S/C21H15F6N3O/c1-30(11-13-7-15(20(22,23)24)9-16(8-13)21(25,26)27)19(31)18-17(10-28-12-29-18)14-5-3-2-4-6-14/h2-10,12H,11H2,1H3. The third-order valence-electron chi connectivity index (χ3n) is 4.41. The first-order valence-electron chi connectivity index (χ1n) is 8.86. The average Bonchev–Trinajstić information content (AvgIpc) is 2.72. The zero-order valence-electron chi connectivity index (χ0n) is 16.0. The van der Waals surface area contributed by atoms with Gasteiger partial charge >= 0.3 is 12.4 Å². The van der Waals surface area contributed by atoms with Crippen molar-refractivity contribution < 1.29 is 31.1 Å². The van der Waals surface area contributed by atoms with Crippen LogP contribution in [-0.2, 0) is 18.9 Å². The molecule has 0 aliphatic carbocycles. The molecular weight excluding hydrogens is 424 g/mol. The fourth-order valence-corrected chi connectivity index (χ4v) is 2.97. The summed E-state index contributed by atoms with van der Waals surface area (Å²) < 4.78 is 78.4. The van der Waals surface area contributed by atoms with Gasteiger partial charge in [-0.1, -0.05) is 30.3 Å². The van der Waals surface area contributed by atoms with Crippen LogP contribution in [0.5, 0.6) is 0 Å². The molecule has 0 saturated carbocycles. The van der Waals surface area contributed by atoms with Crippen LogP contribution in [0.2, 0.25) is 0 Å². The van der Waals surface area contributed by atoms with Crippen LogP contribution in [0.3, 0.4) is 0 Å². The van der Waals surface area contributed by atoms with E-state index < -0.39 is 35.9 Å². The fourth-order valence-electron chi connectivity index (χ4n) is 2.97. The Morgan fingerprint density at radius 1 is 0.935 bits per heavy atom. The Balaban J connectivity index is 1.94. The molecule has 4 nitrogen and oxygen atoms in total. The molecule has 1 amide bonds. The van der Waals surface area contributed by atoms with Crippen molar-refractivity contribution in [3.63, 3.8) is 0 Å². The maximum absolute atomic E-state index is 13.1. The first-order chi connectivity index (χ1) is 14.5. The first-order valence-corrected chi connectivity index (χ1v) is 8.86. The van der Waals surface area contributed by atoms with Gasteiger partial charge < -0.3 is 4.90 Å². The van der Waals surface area contributed by atoms with E-state index in [9.17, 15) is 31.1 Å². The van der Waals surface area contributed by atoms with Crippen LogP contribution in [-0.4, -0.2) is 27.8 Å². The molecule has 0 radical (unpaired) electrons. The van der Waals surface area contributed by atoms with Gasteiger partial charge in [0.05, 0.1) is 11.1 Å². The summed E-state index contributed by atoms with van der Waals surface area (Å²) in [6, 6.07) is 9.92. The number of rotatable bonds is 4. The molecular formula is C21H15F6N3O. The molecule has 0 aliphatic heterocycles. The highest BCUT2D eigenvalue weighted by molar-refractivity contribution is 5.98. The van der Waals surface area contributed by atoms with E-state index in [-0.39, 0.29) is 17.3 Å². The molecule has 0 unspecified atom stereocenters. The summed E-state index contributed by atoms with van der Waals surface area (Å²) in [4.78, 5) is 21.8. The number of aromatic nitrogens is 2. The predicted octanol–water partition coefficient (Wildman–Crippen LogP) is 5.45. The normalized spacial score (nSPS) is 12.0. The van der Waals surface area contributed by atoms with Gasteiger partial charge in [0.1, 0.15) is 12.0 Å². The highest BCUT2D eigenvalue weighted by Crippen LogP contribution is 2.36. The lowest BCUT2D eigenvalue weighted by Gasteiger charge is -2.20. The van der Waals surface area contributed by atoms with E-state index in [2.05, 4.69) is 9.97 Å². The van der Waals surface area contributed by atoms with Gasteiger partial charge in [0.25, 0.3) is 5.91 Å². The van der Waals surface area contributed by atoms with E-state index in [1.165, 1.54) is 13.2 Å². The molecule has 0 aliphatic rings. The van der Waals surface area contributed by atoms with E-state index in [1.54, 1.807) is 30.3 Å². The fraction of sp³-hybridized carbons (Fsp3) is 0.190. The number of amides is 1. The molecule has 3 rings (SSSR count). The Morgan fingerprint density at radius 3 is 2.06 bits per heavy atom. The second-order valence-corrected chi connectivity index (χ2v) is 6.73. The number of hydrogen-bond donors (Lipinski definition) is 0. The Hall–Kier alpha value is -3.43. The van der Waals surface area contributed by atoms with Crippen LogP contribution in [0.1, 0.15) is 27.2 Å². The summed E-state index contributed by atoms with van der Waals surface area (Å²) in [7, 11) is 1.27. The number of alkyl halides is 6. The topological polar surface area (TPSA) is 46.1 Å². The van der Waals surface area contributed by atoms with Gasteiger partial charge in [0.15, 0.2) is 0 Å². The van der Waals surface area contributed by atoms with Gasteiger partial charge in [-0.25, -0.2) is 9.97 Å². The second-order valence-electron chi connectivity index (χ2n) is 6.73. The SMILES string of the molecule is CN(Cc1cc(C(F)(F)F)cc(C(F)(F)F)c1)C(=O)c1ncncc1-c1ccccc1. The quantitative estimate of drug-likeness (QED) is 0.508. The van der Waals surface area contributed by atoms with Gasteiger partial charge in [0.2, 0.25) is 0 Å². The summed E-state index contributed by atoms with van der Waals surface area (Å²) in [5.74, 6) is -0.674. The Labute approximate surface area is 173 Å². The minimum Gasteiger partial charge on any atom is -0.336 e. The molecule has 10 heteroatoms. The second kappa shape index (κ2) is 8.37. The number of halogens is 6. The minimum atomic E-state index is -4.97. The van der Waals surface area contributed by atoms with Gasteiger partial charge in [-0.05, 0) is 29.3 Å². The highest BCUT2D eigenvalue weighted by atomic mass is 19.4. The first kappa shape index (κ1) is 22.3. The maximum atomic E-state index is 13.1. The van der Waals surface area contributed by atoms with E-state index in [0.29, 0.717) is 23.3 Å². The number of nitrogens with zero attached hydrogens (tertiary/aromatic N) is 3. The molecule has 1 aromatic heterocycles. The Morgan fingerprint density at radius 2 is 1.52 bits per heavy atom. The van der Waals surface area contributed by atoms with Gasteiger partial charge in [-0.15, -0.1) is 0 Å². The molecule has 0 saturated heterocycles. The number of benzene rings is 2. The molecule has 3 aromatic rings. The van der Waals surface area contributed by atoms with Crippen molar-refractivity contribution in [2.75, 3.05) is 7.05 Å². The molecule has 0 fully saturated rings. The zero-order chi connectivity index (χ0) is 22.8. The number of hydrogen-bond acceptors (Lipinski definition) is 3. The van der Waals surface area contributed by atoms with Crippen LogP contribution < -0.4 is 0 Å². The van der Waals surface area contributed by atoms with Crippen molar-refractivity contribution in [3.8, 4) is 11.1 Å². The zero-order valence-corrected chi connectivity index (χ0v) is 16.0. The number of carbonyl (C=O) groups excluding carboxylic acids is 1. The third-order valence-corrected chi connectivity index (χ3v) is 4.41. The summed E-state index contributed by atoms with van der Waals surface area (Å²) in [5, 5.41) is 0. The van der Waals surface area contributed by atoms with E-state index in [0.717, 1.165) is 11.2 Å². The third kappa shape index (κ3) is 5.19. The molecule has 0 atom stereocenters. The summed E-state index contributed by atoms with van der Waals surface area (Å²) in [5.41, 5.74) is -2.19. The molecule has 162 valence electrons. The van der Waals surface area contributed by atoms with Crippen molar-refractivity contribution in [2.45, 2.75) is 18.9 Å². The van der Waals surface area contributed by atoms with Crippen LogP contribution in [0.4, 0.5) is 26.3 Å². The Bertz CT molecular complexity index is 1050. The average molecular weight is 439 g/mol. The maximum Gasteiger partial charge on any atom is 0.416 e. The van der Waals surface area contributed by atoms with Gasteiger partial charge in [-0.2, -0.15) is 26.3 Å². The van der Waals surface area contributed by atoms with Gasteiger partial charge in [0, 0.05) is 25.4 Å². The smallest absolute Gasteiger partial charge is 0.336 e. The molecule has 0 bridgehead atoms. The van der Waals surface area contributed by atoms with Crippen molar-refractivity contribution in [1.82, 2.24) is 14.9 Å². The predicted molar refractivity (Wildman–Crippen MR) is 99.7 cm³/mol. The van der Waals surface area contributed by atoms with Crippen LogP contribution in [0, 0.1) is 0 Å². The van der Waals surface area contributed by atoms with E-state index in [4.69, 9.17) is 0 Å². The lowest BCUT2D eigenvalue weighted by molar-refractivity contribution is -0.143. The molecule has 0 spiro atoms. The molecule has 31 heavy (non-hydrogen) atoms. The monoisotopic (exact) mass is 439 g/mol. The highest BCUT2D eigenvalue weighted by Gasteiger charge is 2.37. The van der Waals surface area contributed by atoms with Crippen molar-refractivity contribution in [3.05, 3.63) is 83.4 Å². The Kier molecular flexibility index (Phi) is 6.01.